The summed E-state index contributed by atoms with van der Waals surface area (Å²) < 4.78 is 23.5. The summed E-state index contributed by atoms with van der Waals surface area (Å²) in [5.41, 5.74) is 0.597. The van der Waals surface area contributed by atoms with Crippen molar-refractivity contribution in [3.8, 4) is 0 Å². The molecular weight excluding hydrogens is 242 g/mol. The van der Waals surface area contributed by atoms with Crippen LogP contribution in [0.5, 0.6) is 0 Å². The largest absolute Gasteiger partial charge is 0.324 e. The van der Waals surface area contributed by atoms with Crippen LogP contribution in [-0.2, 0) is 14.6 Å². The molecule has 0 atom stereocenters. The predicted octanol–water partition coefficient (Wildman–Crippen LogP) is 1.01. The van der Waals surface area contributed by atoms with Crippen molar-refractivity contribution in [1.29, 1.82) is 0 Å². The molecule has 1 heterocycles. The second kappa shape index (κ2) is 3.96. The number of ketones is 1. The van der Waals surface area contributed by atoms with Crippen molar-refractivity contribution in [2.24, 2.45) is 0 Å². The molecule has 1 N–H and O–H groups in total. The SMILES string of the molecule is CCC(=O)c1ccc2c(c1)S(=O)(=O)CC(=O)N2. The number of amides is 1. The van der Waals surface area contributed by atoms with E-state index in [4.69, 9.17) is 0 Å². The quantitative estimate of drug-likeness (QED) is 0.797. The Kier molecular flexibility index (Phi) is 2.74. The third-order valence-corrected chi connectivity index (χ3v) is 4.21. The molecule has 6 heteroatoms. The van der Waals surface area contributed by atoms with E-state index in [9.17, 15) is 18.0 Å². The number of benzene rings is 1. The zero-order valence-corrected chi connectivity index (χ0v) is 10.0. The number of hydrogen-bond donors (Lipinski definition) is 1. The lowest BCUT2D eigenvalue weighted by molar-refractivity contribution is -0.114. The van der Waals surface area contributed by atoms with Gasteiger partial charge in [0.1, 0.15) is 5.75 Å². The third-order valence-electron chi connectivity index (χ3n) is 2.55. The van der Waals surface area contributed by atoms with Gasteiger partial charge in [0.2, 0.25) is 5.91 Å². The Morgan fingerprint density at radius 3 is 2.76 bits per heavy atom. The normalized spacial score (nSPS) is 17.1. The molecule has 0 fully saturated rings. The van der Waals surface area contributed by atoms with Crippen molar-refractivity contribution < 1.29 is 18.0 Å². The van der Waals surface area contributed by atoms with Crippen LogP contribution < -0.4 is 5.32 Å². The van der Waals surface area contributed by atoms with E-state index in [2.05, 4.69) is 5.32 Å². The molecule has 1 aliphatic rings. The lowest BCUT2D eigenvalue weighted by Gasteiger charge is -2.17. The highest BCUT2D eigenvalue weighted by Gasteiger charge is 2.29. The van der Waals surface area contributed by atoms with Crippen LogP contribution in [0.4, 0.5) is 5.69 Å². The van der Waals surface area contributed by atoms with Gasteiger partial charge in [-0.25, -0.2) is 8.42 Å². The van der Waals surface area contributed by atoms with Crippen molar-refractivity contribution >= 4 is 27.2 Å². The van der Waals surface area contributed by atoms with Crippen molar-refractivity contribution in [1.82, 2.24) is 0 Å². The Labute approximate surface area is 98.7 Å². The first-order valence-corrected chi connectivity index (χ1v) is 6.79. The number of carbonyl (C=O) groups is 2. The van der Waals surface area contributed by atoms with Crippen LogP contribution in [0, 0.1) is 0 Å². The van der Waals surface area contributed by atoms with Gasteiger partial charge in [-0.05, 0) is 18.2 Å². The Morgan fingerprint density at radius 2 is 2.12 bits per heavy atom. The molecule has 1 aliphatic heterocycles. The molecule has 90 valence electrons. The van der Waals surface area contributed by atoms with Crippen molar-refractivity contribution in [2.75, 3.05) is 11.1 Å². The van der Waals surface area contributed by atoms with Gasteiger partial charge >= 0.3 is 0 Å². The van der Waals surface area contributed by atoms with E-state index in [0.717, 1.165) is 0 Å². The fourth-order valence-corrected chi connectivity index (χ4v) is 3.03. The number of nitrogens with one attached hydrogen (secondary N) is 1. The van der Waals surface area contributed by atoms with E-state index < -0.39 is 21.5 Å². The molecule has 1 amide bonds. The van der Waals surface area contributed by atoms with Crippen LogP contribution in [0.25, 0.3) is 0 Å². The summed E-state index contributed by atoms with van der Waals surface area (Å²) in [6, 6.07) is 4.30. The topological polar surface area (TPSA) is 80.3 Å². The highest BCUT2D eigenvalue weighted by Crippen LogP contribution is 2.27. The van der Waals surface area contributed by atoms with Gasteiger partial charge in [-0.2, -0.15) is 0 Å². The van der Waals surface area contributed by atoms with Gasteiger partial charge in [0.15, 0.2) is 15.6 Å². The Balaban J connectivity index is 2.59. The van der Waals surface area contributed by atoms with Crippen LogP contribution in [0.3, 0.4) is 0 Å². The second-order valence-electron chi connectivity index (χ2n) is 3.79. The highest BCUT2D eigenvalue weighted by molar-refractivity contribution is 7.92. The Bertz CT molecular complexity index is 604. The van der Waals surface area contributed by atoms with Gasteiger partial charge in [0.25, 0.3) is 0 Å². The summed E-state index contributed by atoms with van der Waals surface area (Å²) in [7, 11) is -3.62. The summed E-state index contributed by atoms with van der Waals surface area (Å²) in [4.78, 5) is 22.7. The lowest BCUT2D eigenvalue weighted by Crippen LogP contribution is -2.29. The number of fused-ring (bicyclic) bond motifs is 1. The molecule has 1 aromatic carbocycles. The zero-order valence-electron chi connectivity index (χ0n) is 9.19. The molecule has 0 radical (unpaired) electrons. The molecule has 17 heavy (non-hydrogen) atoms. The van der Waals surface area contributed by atoms with Gasteiger partial charge in [-0.1, -0.05) is 6.92 Å². The van der Waals surface area contributed by atoms with E-state index in [1.807, 2.05) is 0 Å². The van der Waals surface area contributed by atoms with E-state index in [1.165, 1.54) is 18.2 Å². The smallest absolute Gasteiger partial charge is 0.239 e. The molecule has 0 saturated heterocycles. The van der Waals surface area contributed by atoms with Crippen LogP contribution in [0.1, 0.15) is 23.7 Å². The van der Waals surface area contributed by atoms with Crippen molar-refractivity contribution in [2.45, 2.75) is 18.2 Å². The van der Waals surface area contributed by atoms with E-state index in [-0.39, 0.29) is 16.4 Å². The summed E-state index contributed by atoms with van der Waals surface area (Å²) in [5, 5.41) is 2.47. The summed E-state index contributed by atoms with van der Waals surface area (Å²) in [6.45, 7) is 1.71. The molecule has 2 rings (SSSR count). The molecule has 0 aromatic heterocycles. The molecule has 0 aliphatic carbocycles. The summed E-state index contributed by atoms with van der Waals surface area (Å²) >= 11 is 0. The molecule has 0 bridgehead atoms. The van der Waals surface area contributed by atoms with Gasteiger partial charge in [-0.3, -0.25) is 9.59 Å². The number of carbonyl (C=O) groups excluding carboxylic acids is 2. The molecule has 0 unspecified atom stereocenters. The molecule has 5 nitrogen and oxygen atoms in total. The monoisotopic (exact) mass is 253 g/mol. The second-order valence-corrected chi connectivity index (χ2v) is 5.75. The standard InChI is InChI=1S/C11H11NO4S/c1-2-9(13)7-3-4-8-10(5-7)17(15,16)6-11(14)12-8/h3-5H,2,6H2,1H3,(H,12,14). The minimum absolute atomic E-state index is 0.0244. The summed E-state index contributed by atoms with van der Waals surface area (Å²) in [5.74, 6) is -1.24. The maximum atomic E-state index is 11.8. The van der Waals surface area contributed by atoms with Crippen LogP contribution >= 0.6 is 0 Å². The maximum Gasteiger partial charge on any atom is 0.239 e. The predicted molar refractivity (Wildman–Crippen MR) is 61.7 cm³/mol. The number of Topliss-reactive ketones (excluding diaryl/α,β-unsaturated/α-hetero) is 1. The molecule has 1 aromatic rings. The van der Waals surface area contributed by atoms with Gasteiger partial charge in [0, 0.05) is 12.0 Å². The number of sulfone groups is 1. The van der Waals surface area contributed by atoms with Crippen LogP contribution in [-0.4, -0.2) is 25.9 Å². The first kappa shape index (κ1) is 11.8. The molecule has 0 spiro atoms. The molecule has 0 saturated carbocycles. The molecular formula is C11H11NO4S. The minimum atomic E-state index is -3.62. The van der Waals surface area contributed by atoms with Crippen molar-refractivity contribution in [3.05, 3.63) is 23.8 Å². The fourth-order valence-electron chi connectivity index (χ4n) is 1.70. The Hall–Kier alpha value is -1.69. The van der Waals surface area contributed by atoms with Gasteiger partial charge in [-0.15, -0.1) is 0 Å². The van der Waals surface area contributed by atoms with Gasteiger partial charge in [0.05, 0.1) is 10.6 Å². The van der Waals surface area contributed by atoms with Crippen LogP contribution in [0.2, 0.25) is 0 Å². The number of anilines is 1. The highest BCUT2D eigenvalue weighted by atomic mass is 32.2. The zero-order chi connectivity index (χ0) is 12.6. The minimum Gasteiger partial charge on any atom is -0.324 e. The summed E-state index contributed by atoms with van der Waals surface area (Å²) in [6.07, 6.45) is 0.311. The van der Waals surface area contributed by atoms with E-state index in [1.54, 1.807) is 6.92 Å². The lowest BCUT2D eigenvalue weighted by atomic mass is 10.1. The number of hydrogen-bond acceptors (Lipinski definition) is 4. The van der Waals surface area contributed by atoms with Crippen LogP contribution in [0.15, 0.2) is 23.1 Å². The maximum absolute atomic E-state index is 11.8. The third kappa shape index (κ3) is 2.08. The average molecular weight is 253 g/mol. The number of rotatable bonds is 2. The van der Waals surface area contributed by atoms with Gasteiger partial charge < -0.3 is 5.32 Å². The average Bonchev–Trinajstić information content (AvgIpc) is 2.26. The van der Waals surface area contributed by atoms with E-state index in [0.29, 0.717) is 12.0 Å². The Morgan fingerprint density at radius 1 is 1.41 bits per heavy atom. The van der Waals surface area contributed by atoms with E-state index >= 15 is 0 Å². The fraction of sp³-hybridized carbons (Fsp3) is 0.273. The first-order valence-electron chi connectivity index (χ1n) is 5.14. The van der Waals surface area contributed by atoms with Crippen molar-refractivity contribution in [3.63, 3.8) is 0 Å². The first-order chi connectivity index (χ1) is 7.94.